The summed E-state index contributed by atoms with van der Waals surface area (Å²) in [5.41, 5.74) is 0. The largest absolute Gasteiger partial charge is 0.468 e. The van der Waals surface area contributed by atoms with Crippen molar-refractivity contribution in [2.45, 2.75) is 11.8 Å². The van der Waals surface area contributed by atoms with E-state index in [-0.39, 0.29) is 5.97 Å². The molecular weight excluding hydrogens is 176 g/mol. The highest BCUT2D eigenvalue weighted by molar-refractivity contribution is 8.00. The number of methoxy groups -OCH3 is 1. The molecular formula is C8H10O3S. The summed E-state index contributed by atoms with van der Waals surface area (Å²) in [6, 6.07) is 1.84. The number of esters is 1. The van der Waals surface area contributed by atoms with E-state index in [1.165, 1.54) is 18.9 Å². The molecule has 0 unspecified atom stereocenters. The summed E-state index contributed by atoms with van der Waals surface area (Å²) in [6.07, 6.45) is 1.61. The molecule has 0 amide bonds. The Labute approximate surface area is 75.1 Å². The number of carbonyl (C=O) groups excluding carboxylic acids is 1. The number of hydrogen-bond acceptors (Lipinski definition) is 4. The maximum atomic E-state index is 10.7. The van der Waals surface area contributed by atoms with Gasteiger partial charge in [-0.2, -0.15) is 0 Å². The molecule has 0 aromatic carbocycles. The van der Waals surface area contributed by atoms with Gasteiger partial charge in [-0.1, -0.05) is 0 Å². The highest BCUT2D eigenvalue weighted by Gasteiger charge is 2.05. The fraction of sp³-hybridized carbons (Fsp3) is 0.375. The van der Waals surface area contributed by atoms with E-state index in [1.54, 1.807) is 6.26 Å². The molecule has 0 bridgehead atoms. The normalized spacial score (nSPS) is 9.83. The van der Waals surface area contributed by atoms with Crippen LogP contribution >= 0.6 is 11.8 Å². The van der Waals surface area contributed by atoms with Crippen LogP contribution in [0.25, 0.3) is 0 Å². The molecule has 0 saturated carbocycles. The van der Waals surface area contributed by atoms with Gasteiger partial charge < -0.3 is 9.15 Å². The van der Waals surface area contributed by atoms with Crippen LogP contribution in [0.5, 0.6) is 0 Å². The lowest BCUT2D eigenvalue weighted by Crippen LogP contribution is -2.02. The van der Waals surface area contributed by atoms with Crippen molar-refractivity contribution in [1.29, 1.82) is 0 Å². The van der Waals surface area contributed by atoms with E-state index in [0.29, 0.717) is 5.75 Å². The molecule has 1 aromatic heterocycles. The molecule has 4 heteroatoms. The molecule has 0 radical (unpaired) electrons. The molecule has 0 saturated heterocycles. The van der Waals surface area contributed by atoms with Gasteiger partial charge in [0.15, 0.2) is 0 Å². The van der Waals surface area contributed by atoms with Gasteiger partial charge in [0.25, 0.3) is 0 Å². The van der Waals surface area contributed by atoms with Crippen molar-refractivity contribution in [3.8, 4) is 0 Å². The van der Waals surface area contributed by atoms with Gasteiger partial charge in [-0.25, -0.2) is 0 Å². The Bertz CT molecular complexity index is 267. The lowest BCUT2D eigenvalue weighted by atomic mass is 10.5. The fourth-order valence-corrected chi connectivity index (χ4v) is 1.51. The Kier molecular flexibility index (Phi) is 3.22. The molecule has 12 heavy (non-hydrogen) atoms. The SMILES string of the molecule is COC(=O)CSc1ccoc1C. The average Bonchev–Trinajstić information content (AvgIpc) is 2.47. The molecule has 1 rings (SSSR count). The van der Waals surface area contributed by atoms with Gasteiger partial charge in [0.1, 0.15) is 5.76 Å². The van der Waals surface area contributed by atoms with Crippen LogP contribution in [0.3, 0.4) is 0 Å². The van der Waals surface area contributed by atoms with E-state index in [0.717, 1.165) is 10.7 Å². The Morgan fingerprint density at radius 1 is 1.75 bits per heavy atom. The smallest absolute Gasteiger partial charge is 0.315 e. The summed E-state index contributed by atoms with van der Waals surface area (Å²) < 4.78 is 9.56. The van der Waals surface area contributed by atoms with E-state index in [1.807, 2.05) is 13.0 Å². The first kappa shape index (κ1) is 9.19. The molecule has 3 nitrogen and oxygen atoms in total. The molecule has 0 aliphatic carbocycles. The van der Waals surface area contributed by atoms with Gasteiger partial charge in [0, 0.05) is 4.90 Å². The van der Waals surface area contributed by atoms with Crippen molar-refractivity contribution in [2.75, 3.05) is 12.9 Å². The molecule has 0 atom stereocenters. The van der Waals surface area contributed by atoms with Gasteiger partial charge in [0.2, 0.25) is 0 Å². The summed E-state index contributed by atoms with van der Waals surface area (Å²) >= 11 is 1.42. The molecule has 1 heterocycles. The van der Waals surface area contributed by atoms with Crippen LogP contribution in [-0.2, 0) is 9.53 Å². The van der Waals surface area contributed by atoms with E-state index in [2.05, 4.69) is 4.74 Å². The average molecular weight is 186 g/mol. The highest BCUT2D eigenvalue weighted by atomic mass is 32.2. The van der Waals surface area contributed by atoms with Crippen LogP contribution in [0, 0.1) is 6.92 Å². The standard InChI is InChI=1S/C8H10O3S/c1-6-7(3-4-11-6)12-5-8(9)10-2/h3-4H,5H2,1-2H3. The zero-order valence-corrected chi connectivity index (χ0v) is 7.81. The molecule has 66 valence electrons. The van der Waals surface area contributed by atoms with Gasteiger partial charge >= 0.3 is 5.97 Å². The van der Waals surface area contributed by atoms with Crippen LogP contribution < -0.4 is 0 Å². The van der Waals surface area contributed by atoms with Crippen molar-refractivity contribution in [3.63, 3.8) is 0 Å². The van der Waals surface area contributed by atoms with Gasteiger partial charge in [-0.15, -0.1) is 11.8 Å². The second-order valence-corrected chi connectivity index (χ2v) is 3.22. The Balaban J connectivity index is 2.43. The van der Waals surface area contributed by atoms with Crippen molar-refractivity contribution >= 4 is 17.7 Å². The van der Waals surface area contributed by atoms with Gasteiger partial charge in [0.05, 0.1) is 19.1 Å². The van der Waals surface area contributed by atoms with E-state index >= 15 is 0 Å². The summed E-state index contributed by atoms with van der Waals surface area (Å²) in [5, 5.41) is 0. The fourth-order valence-electron chi connectivity index (χ4n) is 0.719. The summed E-state index contributed by atoms with van der Waals surface area (Å²) in [7, 11) is 1.38. The zero-order valence-electron chi connectivity index (χ0n) is 6.99. The summed E-state index contributed by atoms with van der Waals surface area (Å²) in [6.45, 7) is 1.86. The quantitative estimate of drug-likeness (QED) is 0.533. The van der Waals surface area contributed by atoms with E-state index in [4.69, 9.17) is 4.42 Å². The second-order valence-electron chi connectivity index (χ2n) is 2.21. The number of rotatable bonds is 3. The minimum Gasteiger partial charge on any atom is -0.468 e. The second kappa shape index (κ2) is 4.21. The van der Waals surface area contributed by atoms with Crippen molar-refractivity contribution in [1.82, 2.24) is 0 Å². The summed E-state index contributed by atoms with van der Waals surface area (Å²) in [4.78, 5) is 11.7. The van der Waals surface area contributed by atoms with Crippen molar-refractivity contribution < 1.29 is 13.9 Å². The third-order valence-electron chi connectivity index (χ3n) is 1.38. The predicted molar refractivity (Wildman–Crippen MR) is 46.2 cm³/mol. The van der Waals surface area contributed by atoms with Gasteiger partial charge in [-0.05, 0) is 13.0 Å². The lowest BCUT2D eigenvalue weighted by Gasteiger charge is -1.97. The monoisotopic (exact) mass is 186 g/mol. The molecule has 0 aliphatic rings. The Morgan fingerprint density at radius 3 is 3.00 bits per heavy atom. The first-order valence-corrected chi connectivity index (χ1v) is 4.46. The minimum atomic E-state index is -0.222. The molecule has 1 aromatic rings. The number of thioether (sulfide) groups is 1. The molecule has 0 aliphatic heterocycles. The summed E-state index contributed by atoms with van der Waals surface area (Å²) in [5.74, 6) is 0.946. The Morgan fingerprint density at radius 2 is 2.50 bits per heavy atom. The van der Waals surface area contributed by atoms with Crippen LogP contribution in [0.2, 0.25) is 0 Å². The van der Waals surface area contributed by atoms with Crippen LogP contribution in [-0.4, -0.2) is 18.8 Å². The Hall–Kier alpha value is -0.900. The number of aryl methyl sites for hydroxylation is 1. The van der Waals surface area contributed by atoms with Crippen LogP contribution in [0.1, 0.15) is 5.76 Å². The predicted octanol–water partition coefficient (Wildman–Crippen LogP) is 1.85. The maximum absolute atomic E-state index is 10.7. The number of furan rings is 1. The molecule has 0 N–H and O–H groups in total. The van der Waals surface area contributed by atoms with Gasteiger partial charge in [-0.3, -0.25) is 4.79 Å². The first-order valence-electron chi connectivity index (χ1n) is 3.47. The molecule has 0 spiro atoms. The van der Waals surface area contributed by atoms with Crippen molar-refractivity contribution in [2.24, 2.45) is 0 Å². The number of carbonyl (C=O) groups is 1. The third-order valence-corrected chi connectivity index (χ3v) is 2.50. The lowest BCUT2D eigenvalue weighted by molar-refractivity contribution is -0.137. The number of ether oxygens (including phenoxy) is 1. The van der Waals surface area contributed by atoms with Crippen LogP contribution in [0.4, 0.5) is 0 Å². The maximum Gasteiger partial charge on any atom is 0.315 e. The number of hydrogen-bond donors (Lipinski definition) is 0. The zero-order chi connectivity index (χ0) is 8.97. The minimum absolute atomic E-state index is 0.222. The van der Waals surface area contributed by atoms with E-state index < -0.39 is 0 Å². The molecule has 0 fully saturated rings. The van der Waals surface area contributed by atoms with Crippen LogP contribution in [0.15, 0.2) is 21.6 Å². The first-order chi connectivity index (χ1) is 5.74. The topological polar surface area (TPSA) is 39.4 Å². The van der Waals surface area contributed by atoms with E-state index in [9.17, 15) is 4.79 Å². The highest BCUT2D eigenvalue weighted by Crippen LogP contribution is 2.22. The third kappa shape index (κ3) is 2.30. The van der Waals surface area contributed by atoms with Crippen molar-refractivity contribution in [3.05, 3.63) is 18.1 Å².